The molecule has 0 radical (unpaired) electrons. The molecule has 2 N–H and O–H groups in total. The van der Waals surface area contributed by atoms with E-state index in [4.69, 9.17) is 0 Å². The normalized spacial score (nSPS) is 14.9. The fourth-order valence-electron chi connectivity index (χ4n) is 2.45. The second kappa shape index (κ2) is 8.86. The number of hydrogen-bond acceptors (Lipinski definition) is 2. The molecule has 5 nitrogen and oxygen atoms in total. The van der Waals surface area contributed by atoms with Crippen molar-refractivity contribution >= 4 is 27.8 Å². The molecular formula is C16H22BrFN4O. The molecule has 23 heavy (non-hydrogen) atoms. The number of carbonyl (C=O) groups excluding carboxylic acids is 1. The maximum atomic E-state index is 13.4. The Kier molecular flexibility index (Phi) is 6.83. The molecule has 0 atom stereocenters. The van der Waals surface area contributed by atoms with E-state index in [1.54, 1.807) is 0 Å². The topological polar surface area (TPSA) is 56.7 Å². The fourth-order valence-corrected chi connectivity index (χ4v) is 2.96. The van der Waals surface area contributed by atoms with Crippen LogP contribution >= 0.6 is 15.9 Å². The van der Waals surface area contributed by atoms with Crippen LogP contribution < -0.4 is 10.6 Å². The summed E-state index contributed by atoms with van der Waals surface area (Å²) in [7, 11) is 0. The van der Waals surface area contributed by atoms with Crippen molar-refractivity contribution in [1.82, 2.24) is 15.5 Å². The Morgan fingerprint density at radius 1 is 1.30 bits per heavy atom. The van der Waals surface area contributed by atoms with E-state index in [1.165, 1.54) is 12.1 Å². The van der Waals surface area contributed by atoms with Crippen LogP contribution in [0.3, 0.4) is 0 Å². The minimum atomic E-state index is -0.299. The SMILES string of the molecule is CCNC(=NCc1cc(F)cc(Br)c1)NCC(=O)N1CCCC1. The summed E-state index contributed by atoms with van der Waals surface area (Å²) >= 11 is 3.27. The highest BCUT2D eigenvalue weighted by atomic mass is 79.9. The molecule has 1 amide bonds. The van der Waals surface area contributed by atoms with E-state index in [0.29, 0.717) is 23.5 Å². The second-order valence-corrected chi connectivity index (χ2v) is 6.33. The van der Waals surface area contributed by atoms with E-state index in [9.17, 15) is 9.18 Å². The molecule has 126 valence electrons. The summed E-state index contributed by atoms with van der Waals surface area (Å²) < 4.78 is 14.1. The van der Waals surface area contributed by atoms with Gasteiger partial charge in [-0.05, 0) is 43.5 Å². The number of rotatable bonds is 5. The van der Waals surface area contributed by atoms with Crippen LogP contribution in [-0.2, 0) is 11.3 Å². The van der Waals surface area contributed by atoms with Crippen molar-refractivity contribution in [2.24, 2.45) is 4.99 Å². The second-order valence-electron chi connectivity index (χ2n) is 5.41. The highest BCUT2D eigenvalue weighted by Crippen LogP contribution is 2.15. The third kappa shape index (κ3) is 5.82. The van der Waals surface area contributed by atoms with Crippen LogP contribution in [0.4, 0.5) is 4.39 Å². The number of halogens is 2. The Balaban J connectivity index is 1.92. The maximum absolute atomic E-state index is 13.4. The molecule has 1 aliphatic rings. The Morgan fingerprint density at radius 2 is 2.04 bits per heavy atom. The standard InChI is InChI=1S/C16H22BrFN4O/c1-2-19-16(21-11-15(23)22-5-3-4-6-22)20-10-12-7-13(17)9-14(18)8-12/h7-9H,2-6,10-11H2,1H3,(H2,19,20,21). The lowest BCUT2D eigenvalue weighted by Crippen LogP contribution is -2.44. The summed E-state index contributed by atoms with van der Waals surface area (Å²) in [6.07, 6.45) is 2.16. The summed E-state index contributed by atoms with van der Waals surface area (Å²) in [4.78, 5) is 18.3. The number of hydrogen-bond donors (Lipinski definition) is 2. The van der Waals surface area contributed by atoms with Gasteiger partial charge in [0.2, 0.25) is 5.91 Å². The van der Waals surface area contributed by atoms with Gasteiger partial charge in [0.05, 0.1) is 13.1 Å². The Hall–Kier alpha value is -1.63. The summed E-state index contributed by atoms with van der Waals surface area (Å²) in [5, 5.41) is 6.13. The molecule has 1 heterocycles. The van der Waals surface area contributed by atoms with Crippen LogP contribution in [0.5, 0.6) is 0 Å². The molecule has 1 saturated heterocycles. The molecule has 2 rings (SSSR count). The van der Waals surface area contributed by atoms with E-state index in [1.807, 2.05) is 17.9 Å². The minimum Gasteiger partial charge on any atom is -0.357 e. The van der Waals surface area contributed by atoms with Crippen molar-refractivity contribution in [3.63, 3.8) is 0 Å². The van der Waals surface area contributed by atoms with Gasteiger partial charge in [-0.3, -0.25) is 4.79 Å². The first-order valence-corrected chi connectivity index (χ1v) is 8.62. The number of carbonyl (C=O) groups is 1. The number of benzene rings is 1. The monoisotopic (exact) mass is 384 g/mol. The van der Waals surface area contributed by atoms with Crippen LogP contribution in [0.25, 0.3) is 0 Å². The average molecular weight is 385 g/mol. The van der Waals surface area contributed by atoms with Gasteiger partial charge in [0.25, 0.3) is 0 Å². The summed E-state index contributed by atoms with van der Waals surface area (Å²) in [6, 6.07) is 4.68. The third-order valence-electron chi connectivity index (χ3n) is 3.55. The number of likely N-dealkylation sites (tertiary alicyclic amines) is 1. The number of guanidine groups is 1. The number of aliphatic imine (C=N–C) groups is 1. The zero-order valence-electron chi connectivity index (χ0n) is 13.2. The van der Waals surface area contributed by atoms with E-state index in [0.717, 1.165) is 31.5 Å². The van der Waals surface area contributed by atoms with Crippen LogP contribution in [0.15, 0.2) is 27.7 Å². The number of nitrogens with zero attached hydrogens (tertiary/aromatic N) is 2. The molecule has 7 heteroatoms. The molecule has 0 bridgehead atoms. The molecule has 0 spiro atoms. The van der Waals surface area contributed by atoms with Gasteiger partial charge < -0.3 is 15.5 Å². The van der Waals surface area contributed by atoms with E-state index in [2.05, 4.69) is 31.6 Å². The first-order chi connectivity index (χ1) is 11.1. The van der Waals surface area contributed by atoms with Gasteiger partial charge in [0.1, 0.15) is 5.82 Å². The molecule has 0 saturated carbocycles. The predicted molar refractivity (Wildman–Crippen MR) is 92.7 cm³/mol. The summed E-state index contributed by atoms with van der Waals surface area (Å²) in [6.45, 7) is 4.88. The molecule has 0 unspecified atom stereocenters. The van der Waals surface area contributed by atoms with Crippen molar-refractivity contribution in [1.29, 1.82) is 0 Å². The maximum Gasteiger partial charge on any atom is 0.241 e. The van der Waals surface area contributed by atoms with Crippen molar-refractivity contribution in [3.05, 3.63) is 34.1 Å². The summed E-state index contributed by atoms with van der Waals surface area (Å²) in [5.41, 5.74) is 0.764. The van der Waals surface area contributed by atoms with E-state index < -0.39 is 0 Å². The zero-order chi connectivity index (χ0) is 16.7. The lowest BCUT2D eigenvalue weighted by Gasteiger charge is -2.17. The smallest absolute Gasteiger partial charge is 0.241 e. The predicted octanol–water partition coefficient (Wildman–Crippen LogP) is 2.27. The fraction of sp³-hybridized carbons (Fsp3) is 0.500. The largest absolute Gasteiger partial charge is 0.357 e. The third-order valence-corrected chi connectivity index (χ3v) is 4.01. The zero-order valence-corrected chi connectivity index (χ0v) is 14.8. The molecule has 1 aromatic rings. The van der Waals surface area contributed by atoms with Gasteiger partial charge >= 0.3 is 0 Å². The molecule has 1 aliphatic heterocycles. The molecule has 1 fully saturated rings. The van der Waals surface area contributed by atoms with Crippen molar-refractivity contribution < 1.29 is 9.18 Å². The van der Waals surface area contributed by atoms with E-state index >= 15 is 0 Å². The van der Waals surface area contributed by atoms with Gasteiger partial charge in [0.15, 0.2) is 5.96 Å². The quantitative estimate of drug-likeness (QED) is 0.604. The van der Waals surface area contributed by atoms with Crippen molar-refractivity contribution in [2.75, 3.05) is 26.2 Å². The van der Waals surface area contributed by atoms with Crippen LogP contribution in [-0.4, -0.2) is 42.9 Å². The van der Waals surface area contributed by atoms with E-state index in [-0.39, 0.29) is 18.3 Å². The van der Waals surface area contributed by atoms with Crippen molar-refractivity contribution in [3.8, 4) is 0 Å². The Labute approximate surface area is 144 Å². The first kappa shape index (κ1) is 17.7. The highest BCUT2D eigenvalue weighted by molar-refractivity contribution is 9.10. The average Bonchev–Trinajstić information content (AvgIpc) is 3.03. The first-order valence-electron chi connectivity index (χ1n) is 7.83. The van der Waals surface area contributed by atoms with Gasteiger partial charge in [-0.1, -0.05) is 15.9 Å². The molecular weight excluding hydrogens is 363 g/mol. The molecule has 0 aromatic heterocycles. The minimum absolute atomic E-state index is 0.0848. The lowest BCUT2D eigenvalue weighted by atomic mass is 10.2. The van der Waals surface area contributed by atoms with Gasteiger partial charge in [-0.2, -0.15) is 0 Å². The van der Waals surface area contributed by atoms with Gasteiger partial charge in [-0.15, -0.1) is 0 Å². The van der Waals surface area contributed by atoms with Crippen LogP contribution in [0, 0.1) is 5.82 Å². The molecule has 1 aromatic carbocycles. The number of amides is 1. The highest BCUT2D eigenvalue weighted by Gasteiger charge is 2.17. The van der Waals surface area contributed by atoms with Gasteiger partial charge in [-0.25, -0.2) is 9.38 Å². The van der Waals surface area contributed by atoms with Crippen LogP contribution in [0.1, 0.15) is 25.3 Å². The van der Waals surface area contributed by atoms with Crippen LogP contribution in [0.2, 0.25) is 0 Å². The Morgan fingerprint density at radius 3 is 2.70 bits per heavy atom. The molecule has 0 aliphatic carbocycles. The lowest BCUT2D eigenvalue weighted by molar-refractivity contribution is -0.128. The van der Waals surface area contributed by atoms with Crippen molar-refractivity contribution in [2.45, 2.75) is 26.3 Å². The Bertz CT molecular complexity index is 553. The summed E-state index contributed by atoms with van der Waals surface area (Å²) in [5.74, 6) is 0.341. The number of nitrogens with one attached hydrogen (secondary N) is 2. The van der Waals surface area contributed by atoms with Gasteiger partial charge in [0, 0.05) is 24.1 Å².